The second-order valence-electron chi connectivity index (χ2n) is 6.82. The fourth-order valence-electron chi connectivity index (χ4n) is 3.30. The van der Waals surface area contributed by atoms with Crippen molar-refractivity contribution in [2.24, 2.45) is 0 Å². The van der Waals surface area contributed by atoms with Gasteiger partial charge in [0, 0.05) is 12.0 Å². The minimum absolute atomic E-state index is 0.0791. The van der Waals surface area contributed by atoms with Gasteiger partial charge in [-0.05, 0) is 48.6 Å². The van der Waals surface area contributed by atoms with Crippen molar-refractivity contribution in [2.75, 3.05) is 13.7 Å². The third kappa shape index (κ3) is 3.98. The number of nitrogens with one attached hydrogen (secondary N) is 2. The molecule has 0 spiro atoms. The number of hydrogen-bond acceptors (Lipinski definition) is 2. The summed E-state index contributed by atoms with van der Waals surface area (Å²) in [5, 5.41) is 5.93. The second kappa shape index (κ2) is 7.77. The Hall–Kier alpha value is -2.56. The average molecular weight is 356 g/mol. The minimum Gasteiger partial charge on any atom is -0.497 e. The molecule has 2 aromatic rings. The van der Waals surface area contributed by atoms with E-state index >= 15 is 0 Å². The maximum atomic E-state index is 14.1. The Bertz CT molecular complexity index is 757. The molecule has 1 aliphatic rings. The highest BCUT2D eigenvalue weighted by Crippen LogP contribution is 2.48. The molecule has 1 atom stereocenters. The van der Waals surface area contributed by atoms with Crippen LogP contribution < -0.4 is 15.4 Å². The molecule has 0 aromatic heterocycles. The van der Waals surface area contributed by atoms with Crippen molar-refractivity contribution in [2.45, 2.75) is 37.6 Å². The van der Waals surface area contributed by atoms with Crippen molar-refractivity contribution < 1.29 is 13.9 Å². The fourth-order valence-corrected chi connectivity index (χ4v) is 3.30. The summed E-state index contributed by atoms with van der Waals surface area (Å²) in [6, 6.07) is 14.2. The largest absolute Gasteiger partial charge is 0.497 e. The summed E-state index contributed by atoms with van der Waals surface area (Å²) in [6.07, 6.45) is 2.56. The molecule has 138 valence electrons. The molecule has 0 radical (unpaired) electrons. The molecule has 3 rings (SSSR count). The molecule has 2 aromatic carbocycles. The Morgan fingerprint density at radius 2 is 1.88 bits per heavy atom. The van der Waals surface area contributed by atoms with Crippen molar-refractivity contribution in [3.63, 3.8) is 0 Å². The first-order valence-electron chi connectivity index (χ1n) is 9.01. The maximum absolute atomic E-state index is 14.1. The molecular formula is C21H25FN2O2. The monoisotopic (exact) mass is 356 g/mol. The zero-order valence-corrected chi connectivity index (χ0v) is 15.2. The zero-order valence-electron chi connectivity index (χ0n) is 15.2. The van der Waals surface area contributed by atoms with E-state index in [9.17, 15) is 9.18 Å². The lowest BCUT2D eigenvalue weighted by molar-refractivity contribution is 0.235. The van der Waals surface area contributed by atoms with E-state index in [-0.39, 0.29) is 23.3 Å². The molecule has 5 heteroatoms. The zero-order chi connectivity index (χ0) is 18.6. The van der Waals surface area contributed by atoms with Crippen LogP contribution in [0.15, 0.2) is 48.5 Å². The fraction of sp³-hybridized carbons (Fsp3) is 0.381. The topological polar surface area (TPSA) is 50.4 Å². The maximum Gasteiger partial charge on any atom is 0.315 e. The van der Waals surface area contributed by atoms with Gasteiger partial charge in [-0.1, -0.05) is 37.3 Å². The lowest BCUT2D eigenvalue weighted by Gasteiger charge is -2.21. The summed E-state index contributed by atoms with van der Waals surface area (Å²) < 4.78 is 19.2. The van der Waals surface area contributed by atoms with E-state index < -0.39 is 0 Å². The van der Waals surface area contributed by atoms with Gasteiger partial charge in [0.25, 0.3) is 0 Å². The van der Waals surface area contributed by atoms with E-state index in [0.29, 0.717) is 12.1 Å². The number of rotatable bonds is 7. The molecule has 0 bridgehead atoms. The van der Waals surface area contributed by atoms with Crippen LogP contribution in [0, 0.1) is 5.82 Å². The smallest absolute Gasteiger partial charge is 0.315 e. The summed E-state index contributed by atoms with van der Waals surface area (Å²) >= 11 is 0. The number of halogens is 1. The number of carbonyl (C=O) groups excluding carboxylic acids is 1. The Morgan fingerprint density at radius 1 is 1.19 bits per heavy atom. The SMILES string of the molecule is CCC(NC(=O)NCC1(c2ccccc2F)CC1)c1ccc(OC)cc1. The highest BCUT2D eigenvalue weighted by Gasteiger charge is 2.46. The van der Waals surface area contributed by atoms with Gasteiger partial charge in [-0.2, -0.15) is 0 Å². The molecule has 1 saturated carbocycles. The van der Waals surface area contributed by atoms with Crippen molar-refractivity contribution in [1.82, 2.24) is 10.6 Å². The number of carbonyl (C=O) groups is 1. The summed E-state index contributed by atoms with van der Waals surface area (Å²) in [5.74, 6) is 0.588. The standard InChI is InChI=1S/C21H25FN2O2/c1-3-19(15-8-10-16(26-2)11-9-15)24-20(25)23-14-21(12-13-21)17-6-4-5-7-18(17)22/h4-11,19H,3,12-14H2,1-2H3,(H2,23,24,25). The van der Waals surface area contributed by atoms with Crippen LogP contribution in [-0.2, 0) is 5.41 Å². The van der Waals surface area contributed by atoms with Crippen LogP contribution in [0.2, 0.25) is 0 Å². The molecule has 0 aliphatic heterocycles. The van der Waals surface area contributed by atoms with Crippen molar-refractivity contribution in [1.29, 1.82) is 0 Å². The quantitative estimate of drug-likeness (QED) is 0.776. The second-order valence-corrected chi connectivity index (χ2v) is 6.82. The van der Waals surface area contributed by atoms with Gasteiger partial charge in [0.2, 0.25) is 0 Å². The van der Waals surface area contributed by atoms with Gasteiger partial charge in [0.15, 0.2) is 0 Å². The van der Waals surface area contributed by atoms with Gasteiger partial charge in [-0.15, -0.1) is 0 Å². The molecule has 26 heavy (non-hydrogen) atoms. The van der Waals surface area contributed by atoms with Gasteiger partial charge < -0.3 is 15.4 Å². The third-order valence-electron chi connectivity index (χ3n) is 5.12. The normalized spacial score (nSPS) is 15.8. The third-order valence-corrected chi connectivity index (χ3v) is 5.12. The molecule has 0 heterocycles. The van der Waals surface area contributed by atoms with Gasteiger partial charge in [-0.3, -0.25) is 0 Å². The van der Waals surface area contributed by atoms with Gasteiger partial charge in [-0.25, -0.2) is 9.18 Å². The number of urea groups is 1. The van der Waals surface area contributed by atoms with Crippen molar-refractivity contribution in [3.8, 4) is 5.75 Å². The van der Waals surface area contributed by atoms with E-state index in [1.807, 2.05) is 43.3 Å². The lowest BCUT2D eigenvalue weighted by Crippen LogP contribution is -2.41. The molecule has 0 saturated heterocycles. The molecule has 1 fully saturated rings. The van der Waals surface area contributed by atoms with Crippen LogP contribution in [0.5, 0.6) is 5.75 Å². The van der Waals surface area contributed by atoms with Crippen LogP contribution >= 0.6 is 0 Å². The van der Waals surface area contributed by atoms with E-state index in [0.717, 1.165) is 30.6 Å². The average Bonchev–Trinajstić information content (AvgIpc) is 3.46. The van der Waals surface area contributed by atoms with E-state index in [1.165, 1.54) is 6.07 Å². The van der Waals surface area contributed by atoms with Crippen molar-refractivity contribution >= 4 is 6.03 Å². The first kappa shape index (κ1) is 18.2. The minimum atomic E-state index is -0.259. The highest BCUT2D eigenvalue weighted by molar-refractivity contribution is 5.74. The van der Waals surface area contributed by atoms with E-state index in [2.05, 4.69) is 10.6 Å². The molecule has 2 amide bonds. The van der Waals surface area contributed by atoms with Crippen LogP contribution in [0.25, 0.3) is 0 Å². The number of amides is 2. The first-order chi connectivity index (χ1) is 12.6. The summed E-state index contributed by atoms with van der Waals surface area (Å²) in [4.78, 5) is 12.4. The Balaban J connectivity index is 1.58. The van der Waals surface area contributed by atoms with Gasteiger partial charge in [0.1, 0.15) is 11.6 Å². The number of methoxy groups -OCH3 is 1. The summed E-state index contributed by atoms with van der Waals surface area (Å²) in [7, 11) is 1.63. The van der Waals surface area contributed by atoms with Crippen LogP contribution in [-0.4, -0.2) is 19.7 Å². The summed E-state index contributed by atoms with van der Waals surface area (Å²) in [6.45, 7) is 2.47. The van der Waals surface area contributed by atoms with Gasteiger partial charge in [0.05, 0.1) is 13.2 Å². The number of hydrogen-bond donors (Lipinski definition) is 2. The predicted octanol–water partition coefficient (Wildman–Crippen LogP) is 4.32. The Morgan fingerprint density at radius 3 is 2.46 bits per heavy atom. The highest BCUT2D eigenvalue weighted by atomic mass is 19.1. The molecule has 4 nitrogen and oxygen atoms in total. The van der Waals surface area contributed by atoms with Crippen LogP contribution in [0.1, 0.15) is 43.4 Å². The van der Waals surface area contributed by atoms with E-state index in [1.54, 1.807) is 13.2 Å². The Labute approximate surface area is 153 Å². The van der Waals surface area contributed by atoms with Crippen LogP contribution in [0.3, 0.4) is 0 Å². The Kier molecular flexibility index (Phi) is 5.45. The van der Waals surface area contributed by atoms with Gasteiger partial charge >= 0.3 is 6.03 Å². The van der Waals surface area contributed by atoms with E-state index in [4.69, 9.17) is 4.74 Å². The molecule has 1 aliphatic carbocycles. The molecule has 1 unspecified atom stereocenters. The number of benzene rings is 2. The first-order valence-corrected chi connectivity index (χ1v) is 9.01. The van der Waals surface area contributed by atoms with Crippen LogP contribution in [0.4, 0.5) is 9.18 Å². The summed E-state index contributed by atoms with van der Waals surface area (Å²) in [5.41, 5.74) is 1.46. The number of ether oxygens (including phenoxy) is 1. The lowest BCUT2D eigenvalue weighted by atomic mass is 9.95. The molecular weight excluding hydrogens is 331 g/mol. The molecule has 2 N–H and O–H groups in total. The predicted molar refractivity (Wildman–Crippen MR) is 99.9 cm³/mol. The van der Waals surface area contributed by atoms with Crippen molar-refractivity contribution in [3.05, 3.63) is 65.5 Å².